The lowest BCUT2D eigenvalue weighted by atomic mass is 9.88. The Morgan fingerprint density at radius 1 is 0.714 bits per heavy atom. The van der Waals surface area contributed by atoms with Gasteiger partial charge in [0.25, 0.3) is 0 Å². The molecule has 1 aliphatic rings. The molecule has 1 atom stereocenters. The zero-order valence-corrected chi connectivity index (χ0v) is 19.8. The van der Waals surface area contributed by atoms with Crippen LogP contribution in [0, 0.1) is 33.6 Å². The minimum atomic E-state index is 0.439. The molecule has 0 saturated carbocycles. The van der Waals surface area contributed by atoms with Crippen molar-refractivity contribution in [2.45, 2.75) is 131 Å². The molecule has 0 bridgehead atoms. The van der Waals surface area contributed by atoms with Crippen LogP contribution in [0.4, 0.5) is 0 Å². The molecular formula is C27H46O. The summed E-state index contributed by atoms with van der Waals surface area (Å²) in [7, 11) is 0. The number of hydrogen-bond donors (Lipinski definition) is 0. The molecule has 1 aliphatic heterocycles. The molecule has 1 aromatic rings. The predicted molar refractivity (Wildman–Crippen MR) is 124 cm³/mol. The molecule has 1 aromatic carbocycles. The van der Waals surface area contributed by atoms with E-state index < -0.39 is 0 Å². The molecule has 1 nitrogen and oxygen atoms in total. The summed E-state index contributed by atoms with van der Waals surface area (Å²) in [6, 6.07) is 0. The largest absolute Gasteiger partial charge is 0.490 e. The number of fused-ring (bicyclic) bond motifs is 1. The van der Waals surface area contributed by atoms with Crippen LogP contribution in [0.1, 0.15) is 119 Å². The number of ether oxygens (including phenoxy) is 1. The first-order valence-corrected chi connectivity index (χ1v) is 12.2. The fourth-order valence-corrected chi connectivity index (χ4v) is 4.71. The van der Waals surface area contributed by atoms with Gasteiger partial charge in [0.15, 0.2) is 0 Å². The first-order chi connectivity index (χ1) is 13.4. The molecule has 0 saturated heterocycles. The van der Waals surface area contributed by atoms with Crippen molar-refractivity contribution in [3.05, 3.63) is 27.8 Å². The lowest BCUT2D eigenvalue weighted by Gasteiger charge is -2.30. The Balaban J connectivity index is 1.58. The summed E-state index contributed by atoms with van der Waals surface area (Å²) in [5.74, 6) is 2.09. The third-order valence-corrected chi connectivity index (χ3v) is 7.06. The fourth-order valence-electron chi connectivity index (χ4n) is 4.71. The highest BCUT2D eigenvalue weighted by Gasteiger charge is 2.24. The molecule has 1 heteroatoms. The lowest BCUT2D eigenvalue weighted by molar-refractivity contribution is 0.158. The van der Waals surface area contributed by atoms with Crippen molar-refractivity contribution in [3.63, 3.8) is 0 Å². The molecule has 1 unspecified atom stereocenters. The number of unbranched alkanes of at least 4 members (excludes halogenated alkanes) is 8. The Hall–Kier alpha value is -0.980. The highest BCUT2D eigenvalue weighted by molar-refractivity contribution is 5.54. The normalized spacial score (nSPS) is 16.3. The topological polar surface area (TPSA) is 9.23 Å². The molecule has 2 rings (SSSR count). The summed E-state index contributed by atoms with van der Waals surface area (Å²) in [4.78, 5) is 0. The van der Waals surface area contributed by atoms with Gasteiger partial charge in [-0.15, -0.1) is 0 Å². The van der Waals surface area contributed by atoms with Gasteiger partial charge in [0, 0.05) is 0 Å². The van der Waals surface area contributed by atoms with Gasteiger partial charge < -0.3 is 4.74 Å². The molecule has 0 radical (unpaired) electrons. The summed E-state index contributed by atoms with van der Waals surface area (Å²) in [6.07, 6.45) is 18.2. The van der Waals surface area contributed by atoms with E-state index in [-0.39, 0.29) is 0 Å². The van der Waals surface area contributed by atoms with E-state index in [9.17, 15) is 0 Å². The SMILES string of the molecule is Cc1c(C)c(C)c2c(c1C)CCC(CCCCCCCCCCCC(C)C)O2. The Morgan fingerprint density at radius 3 is 1.86 bits per heavy atom. The average molecular weight is 387 g/mol. The fraction of sp³-hybridized carbons (Fsp3) is 0.778. The maximum Gasteiger partial charge on any atom is 0.126 e. The van der Waals surface area contributed by atoms with E-state index >= 15 is 0 Å². The van der Waals surface area contributed by atoms with Crippen molar-refractivity contribution >= 4 is 0 Å². The summed E-state index contributed by atoms with van der Waals surface area (Å²) in [6.45, 7) is 13.7. The van der Waals surface area contributed by atoms with E-state index in [2.05, 4.69) is 41.5 Å². The predicted octanol–water partition coefficient (Wildman–Crippen LogP) is 8.56. The maximum atomic E-state index is 6.48. The van der Waals surface area contributed by atoms with Gasteiger partial charge in [0.2, 0.25) is 0 Å². The quantitative estimate of drug-likeness (QED) is 0.327. The van der Waals surface area contributed by atoms with Crippen molar-refractivity contribution in [2.75, 3.05) is 0 Å². The number of rotatable bonds is 12. The molecule has 0 aromatic heterocycles. The smallest absolute Gasteiger partial charge is 0.126 e. The van der Waals surface area contributed by atoms with E-state index in [4.69, 9.17) is 4.74 Å². The first-order valence-electron chi connectivity index (χ1n) is 12.2. The molecule has 160 valence electrons. The van der Waals surface area contributed by atoms with Crippen molar-refractivity contribution in [1.29, 1.82) is 0 Å². The van der Waals surface area contributed by atoms with Gasteiger partial charge in [-0.05, 0) is 87.1 Å². The van der Waals surface area contributed by atoms with Gasteiger partial charge in [-0.25, -0.2) is 0 Å². The van der Waals surface area contributed by atoms with Crippen LogP contribution in [-0.2, 0) is 6.42 Å². The Bertz CT molecular complexity index is 599. The van der Waals surface area contributed by atoms with Gasteiger partial charge in [0.1, 0.15) is 5.75 Å². The summed E-state index contributed by atoms with van der Waals surface area (Å²) in [5.41, 5.74) is 7.18. The summed E-state index contributed by atoms with van der Waals surface area (Å²) >= 11 is 0. The van der Waals surface area contributed by atoms with E-state index in [1.54, 1.807) is 0 Å². The Labute approximate surface area is 175 Å². The summed E-state index contributed by atoms with van der Waals surface area (Å²) < 4.78 is 6.48. The average Bonchev–Trinajstić information content (AvgIpc) is 2.68. The first kappa shape index (κ1) is 23.3. The monoisotopic (exact) mass is 386 g/mol. The second-order valence-corrected chi connectivity index (χ2v) is 9.74. The van der Waals surface area contributed by atoms with Crippen molar-refractivity contribution in [3.8, 4) is 5.75 Å². The standard InChI is InChI=1S/C27H46O/c1-20(2)16-14-12-10-8-7-9-11-13-15-17-25-18-19-26-23(5)21(3)22(4)24(6)27(26)28-25/h20,25H,7-19H2,1-6H3. The van der Waals surface area contributed by atoms with Crippen LogP contribution >= 0.6 is 0 Å². The third kappa shape index (κ3) is 6.82. The number of hydrogen-bond acceptors (Lipinski definition) is 1. The van der Waals surface area contributed by atoms with Crippen LogP contribution in [0.2, 0.25) is 0 Å². The lowest BCUT2D eigenvalue weighted by Crippen LogP contribution is -2.24. The Kier molecular flexibility index (Phi) is 9.89. The summed E-state index contributed by atoms with van der Waals surface area (Å²) in [5, 5.41) is 0. The molecule has 0 amide bonds. The van der Waals surface area contributed by atoms with E-state index in [0.29, 0.717) is 6.10 Å². The van der Waals surface area contributed by atoms with Gasteiger partial charge in [0.05, 0.1) is 6.10 Å². The van der Waals surface area contributed by atoms with Gasteiger partial charge in [-0.2, -0.15) is 0 Å². The Morgan fingerprint density at radius 2 is 1.25 bits per heavy atom. The maximum absolute atomic E-state index is 6.48. The highest BCUT2D eigenvalue weighted by atomic mass is 16.5. The van der Waals surface area contributed by atoms with Gasteiger partial charge in [-0.3, -0.25) is 0 Å². The van der Waals surface area contributed by atoms with E-state index in [1.165, 1.54) is 117 Å². The number of benzene rings is 1. The van der Waals surface area contributed by atoms with E-state index in [1.807, 2.05) is 0 Å². The van der Waals surface area contributed by atoms with Crippen LogP contribution in [0.15, 0.2) is 0 Å². The zero-order chi connectivity index (χ0) is 20.5. The van der Waals surface area contributed by atoms with Crippen LogP contribution in [0.5, 0.6) is 5.75 Å². The van der Waals surface area contributed by atoms with Crippen molar-refractivity contribution in [2.24, 2.45) is 5.92 Å². The van der Waals surface area contributed by atoms with Crippen LogP contribution in [0.25, 0.3) is 0 Å². The second kappa shape index (κ2) is 11.9. The molecule has 1 heterocycles. The van der Waals surface area contributed by atoms with Crippen LogP contribution < -0.4 is 4.74 Å². The minimum absolute atomic E-state index is 0.439. The highest BCUT2D eigenvalue weighted by Crippen LogP contribution is 2.38. The zero-order valence-electron chi connectivity index (χ0n) is 19.8. The molecule has 0 fully saturated rings. The molecule has 0 N–H and O–H groups in total. The molecule has 28 heavy (non-hydrogen) atoms. The van der Waals surface area contributed by atoms with Crippen molar-refractivity contribution < 1.29 is 4.74 Å². The second-order valence-electron chi connectivity index (χ2n) is 9.74. The molecule has 0 aliphatic carbocycles. The van der Waals surface area contributed by atoms with E-state index in [0.717, 1.165) is 5.92 Å². The molecule has 0 spiro atoms. The van der Waals surface area contributed by atoms with Crippen LogP contribution in [0.3, 0.4) is 0 Å². The minimum Gasteiger partial charge on any atom is -0.490 e. The van der Waals surface area contributed by atoms with Crippen molar-refractivity contribution in [1.82, 2.24) is 0 Å². The van der Waals surface area contributed by atoms with Gasteiger partial charge in [-0.1, -0.05) is 71.6 Å². The van der Waals surface area contributed by atoms with Gasteiger partial charge >= 0.3 is 0 Å². The van der Waals surface area contributed by atoms with Crippen LogP contribution in [-0.4, -0.2) is 6.10 Å². The third-order valence-electron chi connectivity index (χ3n) is 7.06. The molecular weight excluding hydrogens is 340 g/mol.